The summed E-state index contributed by atoms with van der Waals surface area (Å²) in [6, 6.07) is 0. The lowest BCUT2D eigenvalue weighted by molar-refractivity contribution is -0.133. The Balaban J connectivity index is 3.92. The van der Waals surface area contributed by atoms with Gasteiger partial charge in [0.15, 0.2) is 0 Å². The third-order valence-corrected chi connectivity index (χ3v) is 1.50. The van der Waals surface area contributed by atoms with E-state index < -0.39 is 17.9 Å². The summed E-state index contributed by atoms with van der Waals surface area (Å²) in [7, 11) is 3.48. The molecule has 0 radical (unpaired) electrons. The van der Waals surface area contributed by atoms with Gasteiger partial charge in [-0.05, 0) is 21.0 Å². The van der Waals surface area contributed by atoms with Crippen molar-refractivity contribution in [2.45, 2.75) is 19.0 Å². The highest BCUT2D eigenvalue weighted by molar-refractivity contribution is 5.79. The van der Waals surface area contributed by atoms with Gasteiger partial charge in [0, 0.05) is 13.1 Å². The summed E-state index contributed by atoms with van der Waals surface area (Å²) < 4.78 is 23.5. The zero-order valence-corrected chi connectivity index (χ0v) is 8.55. The minimum Gasteiger partial charge on any atom is -0.387 e. The van der Waals surface area contributed by atoms with Crippen LogP contribution in [-0.4, -0.2) is 55.1 Å². The largest absolute Gasteiger partial charge is 0.387 e. The van der Waals surface area contributed by atoms with Crippen molar-refractivity contribution in [3.8, 4) is 0 Å². The van der Waals surface area contributed by atoms with Crippen LogP contribution < -0.4 is 5.32 Å². The maximum Gasteiger partial charge on any atom is 0.315 e. The van der Waals surface area contributed by atoms with Crippen molar-refractivity contribution < 1.29 is 18.7 Å². The number of likely N-dealkylation sites (N-methyl/N-ethyl adjacent to an activating group) is 1. The molecule has 0 bridgehead atoms. The number of aliphatic hydroxyl groups is 1. The van der Waals surface area contributed by atoms with Gasteiger partial charge in [0.2, 0.25) is 0 Å². The Hall–Kier alpha value is -0.750. The van der Waals surface area contributed by atoms with Gasteiger partial charge in [-0.2, -0.15) is 8.78 Å². The number of carbonyl (C=O) groups is 1. The van der Waals surface area contributed by atoms with E-state index in [-0.39, 0.29) is 13.1 Å². The molecule has 6 heteroatoms. The van der Waals surface area contributed by atoms with Gasteiger partial charge in [-0.15, -0.1) is 0 Å². The predicted molar refractivity (Wildman–Crippen MR) is 48.2 cm³/mol. The molecule has 0 rings (SSSR count). The molecule has 1 atom stereocenters. The van der Waals surface area contributed by atoms with Crippen LogP contribution in [0.15, 0.2) is 0 Å². The van der Waals surface area contributed by atoms with Crippen molar-refractivity contribution in [2.75, 3.05) is 27.2 Å². The second kappa shape index (κ2) is 5.21. The van der Waals surface area contributed by atoms with Crippen LogP contribution in [0.5, 0.6) is 0 Å². The Morgan fingerprint density at radius 3 is 2.43 bits per heavy atom. The third-order valence-electron chi connectivity index (χ3n) is 1.50. The molecule has 0 aromatic carbocycles. The van der Waals surface area contributed by atoms with Crippen LogP contribution in [0.2, 0.25) is 0 Å². The SMILES string of the molecule is CN(C)CC(C)(O)CNC(=O)C(F)F. The van der Waals surface area contributed by atoms with E-state index in [4.69, 9.17) is 0 Å². The fourth-order valence-corrected chi connectivity index (χ4v) is 1.09. The second-order valence-electron chi connectivity index (χ2n) is 3.75. The van der Waals surface area contributed by atoms with E-state index in [1.54, 1.807) is 19.0 Å². The topological polar surface area (TPSA) is 52.6 Å². The van der Waals surface area contributed by atoms with E-state index >= 15 is 0 Å². The van der Waals surface area contributed by atoms with Crippen LogP contribution in [0.1, 0.15) is 6.92 Å². The summed E-state index contributed by atoms with van der Waals surface area (Å²) in [5.74, 6) is -1.36. The number of alkyl halides is 2. The van der Waals surface area contributed by atoms with Crippen LogP contribution in [0.25, 0.3) is 0 Å². The highest BCUT2D eigenvalue weighted by Gasteiger charge is 2.24. The molecule has 0 saturated carbocycles. The van der Waals surface area contributed by atoms with Crippen molar-refractivity contribution in [2.24, 2.45) is 0 Å². The molecule has 0 fully saturated rings. The minimum absolute atomic E-state index is 0.186. The molecule has 0 aliphatic carbocycles. The zero-order valence-electron chi connectivity index (χ0n) is 8.55. The smallest absolute Gasteiger partial charge is 0.315 e. The normalized spacial score (nSPS) is 15.7. The third kappa shape index (κ3) is 5.82. The molecule has 0 heterocycles. The predicted octanol–water partition coefficient (Wildman–Crippen LogP) is -0.320. The van der Waals surface area contributed by atoms with Gasteiger partial charge in [-0.1, -0.05) is 0 Å². The average molecular weight is 210 g/mol. The molecular formula is C8H16F2N2O2. The molecular weight excluding hydrogens is 194 g/mol. The Kier molecular flexibility index (Phi) is 4.93. The minimum atomic E-state index is -3.04. The molecule has 0 saturated heterocycles. The number of hydrogen-bond donors (Lipinski definition) is 2. The molecule has 4 nitrogen and oxygen atoms in total. The van der Waals surface area contributed by atoms with E-state index in [9.17, 15) is 18.7 Å². The molecule has 1 unspecified atom stereocenters. The summed E-state index contributed by atoms with van der Waals surface area (Å²) in [5.41, 5.74) is -1.20. The molecule has 0 aliphatic heterocycles. The summed E-state index contributed by atoms with van der Waals surface area (Å²) in [6.45, 7) is 1.57. The molecule has 0 spiro atoms. The first kappa shape index (κ1) is 13.2. The molecule has 14 heavy (non-hydrogen) atoms. The maximum absolute atomic E-state index is 11.8. The Morgan fingerprint density at radius 1 is 1.57 bits per heavy atom. The van der Waals surface area contributed by atoms with E-state index in [1.807, 2.05) is 5.32 Å². The van der Waals surface area contributed by atoms with Gasteiger partial charge < -0.3 is 15.3 Å². The maximum atomic E-state index is 11.8. The number of hydrogen-bond acceptors (Lipinski definition) is 3. The molecule has 0 aromatic rings. The average Bonchev–Trinajstić information content (AvgIpc) is 1.97. The Morgan fingerprint density at radius 2 is 2.07 bits per heavy atom. The monoisotopic (exact) mass is 210 g/mol. The van der Waals surface area contributed by atoms with Crippen molar-refractivity contribution in [1.29, 1.82) is 0 Å². The van der Waals surface area contributed by atoms with Crippen molar-refractivity contribution in [3.63, 3.8) is 0 Å². The molecule has 0 aliphatic rings. The number of nitrogens with one attached hydrogen (secondary N) is 1. The fourth-order valence-electron chi connectivity index (χ4n) is 1.09. The van der Waals surface area contributed by atoms with Gasteiger partial charge in [0.25, 0.3) is 5.91 Å². The summed E-state index contributed by atoms with van der Waals surface area (Å²) >= 11 is 0. The summed E-state index contributed by atoms with van der Waals surface area (Å²) in [4.78, 5) is 12.2. The number of nitrogens with zero attached hydrogens (tertiary/aromatic N) is 1. The summed E-state index contributed by atoms with van der Waals surface area (Å²) in [5, 5.41) is 11.6. The highest BCUT2D eigenvalue weighted by Crippen LogP contribution is 2.03. The van der Waals surface area contributed by atoms with Gasteiger partial charge >= 0.3 is 6.43 Å². The van der Waals surface area contributed by atoms with Gasteiger partial charge in [-0.25, -0.2) is 0 Å². The molecule has 0 aromatic heterocycles. The first-order valence-electron chi connectivity index (χ1n) is 4.17. The summed E-state index contributed by atoms with van der Waals surface area (Å²) in [6.07, 6.45) is -3.04. The first-order chi connectivity index (χ1) is 6.24. The zero-order chi connectivity index (χ0) is 11.4. The van der Waals surface area contributed by atoms with E-state index in [0.29, 0.717) is 0 Å². The standard InChI is InChI=1S/C8H16F2N2O2/c1-8(14,5-12(2)3)4-11-7(13)6(9)10/h6,14H,4-5H2,1-3H3,(H,11,13). The van der Waals surface area contributed by atoms with Crippen LogP contribution in [0.4, 0.5) is 8.78 Å². The van der Waals surface area contributed by atoms with Crippen molar-refractivity contribution in [3.05, 3.63) is 0 Å². The lowest BCUT2D eigenvalue weighted by atomic mass is 10.1. The van der Waals surface area contributed by atoms with Crippen LogP contribution >= 0.6 is 0 Å². The van der Waals surface area contributed by atoms with E-state index in [2.05, 4.69) is 0 Å². The molecule has 1 amide bonds. The second-order valence-corrected chi connectivity index (χ2v) is 3.75. The molecule has 2 N–H and O–H groups in total. The van der Waals surface area contributed by atoms with E-state index in [0.717, 1.165) is 0 Å². The van der Waals surface area contributed by atoms with Crippen molar-refractivity contribution >= 4 is 5.91 Å². The Labute approximate surface area is 81.9 Å². The number of amides is 1. The van der Waals surface area contributed by atoms with Crippen LogP contribution in [0, 0.1) is 0 Å². The van der Waals surface area contributed by atoms with E-state index in [1.165, 1.54) is 6.92 Å². The first-order valence-corrected chi connectivity index (χ1v) is 4.17. The number of halogens is 2. The lowest BCUT2D eigenvalue weighted by Gasteiger charge is -2.26. The van der Waals surface area contributed by atoms with Gasteiger partial charge in [-0.3, -0.25) is 4.79 Å². The quantitative estimate of drug-likeness (QED) is 0.654. The number of carbonyl (C=O) groups excluding carboxylic acids is 1. The number of rotatable bonds is 5. The Bertz CT molecular complexity index is 196. The highest BCUT2D eigenvalue weighted by atomic mass is 19.3. The van der Waals surface area contributed by atoms with Gasteiger partial charge in [0.1, 0.15) is 0 Å². The van der Waals surface area contributed by atoms with Crippen LogP contribution in [-0.2, 0) is 4.79 Å². The fraction of sp³-hybridized carbons (Fsp3) is 0.875. The van der Waals surface area contributed by atoms with Crippen molar-refractivity contribution in [1.82, 2.24) is 10.2 Å². The van der Waals surface area contributed by atoms with Gasteiger partial charge in [0.05, 0.1) is 5.60 Å². The lowest BCUT2D eigenvalue weighted by Crippen LogP contribution is -2.48. The van der Waals surface area contributed by atoms with Crippen LogP contribution in [0.3, 0.4) is 0 Å². The molecule has 84 valence electrons.